The summed E-state index contributed by atoms with van der Waals surface area (Å²) in [6.45, 7) is 20.4. The standard InChI is InChI=1S/C74H70N2O/c1-72(2,3)50-69(73(4,5)6)59-26-24-54(25-27-59)53-20-22-57(23-21-53)60-34-46-70-67(48-60)68-49-61(35-47-71(68)76(70)65-42-44-66(45-43-65)77-74(7,8)9)58-32-40-64(41-33-58)75(62-36-28-55(29-37-62)51-16-12-10-13-17-51)63-38-30-56(31-39-63)52-18-14-11-15-19-52/h10-49,69H,50H2,1-9H3. The lowest BCUT2D eigenvalue weighted by molar-refractivity contribution is 0.131. The molecule has 382 valence electrons. The zero-order valence-corrected chi connectivity index (χ0v) is 46.2. The molecule has 0 aliphatic heterocycles. The van der Waals surface area contributed by atoms with Gasteiger partial charge in [0.1, 0.15) is 11.4 Å². The molecule has 11 aromatic rings. The Bertz CT molecular complexity index is 3690. The molecule has 0 saturated heterocycles. The Morgan fingerprint density at radius 3 is 1.06 bits per heavy atom. The number of fused-ring (bicyclic) bond motifs is 3. The highest BCUT2D eigenvalue weighted by molar-refractivity contribution is 6.11. The molecule has 11 rings (SSSR count). The van der Waals surface area contributed by atoms with Gasteiger partial charge < -0.3 is 14.2 Å². The Kier molecular flexibility index (Phi) is 13.6. The molecule has 3 nitrogen and oxygen atoms in total. The molecule has 0 N–H and O–H groups in total. The SMILES string of the molecule is CC(C)(C)CC(c1ccc(-c2ccc(-c3ccc4c(c3)c3cc(-c5ccc(N(c6ccc(-c7ccccc7)cc6)c6ccc(-c7ccccc7)cc6)cc5)ccc3n4-c3ccc(OC(C)(C)C)cc3)cc2)cc1)C(C)(C)C. The minimum Gasteiger partial charge on any atom is -0.488 e. The molecular weight excluding hydrogens is 933 g/mol. The highest BCUT2D eigenvalue weighted by Gasteiger charge is 2.30. The van der Waals surface area contributed by atoms with Crippen LogP contribution < -0.4 is 9.64 Å². The molecule has 3 heteroatoms. The number of nitrogens with zero attached hydrogens (tertiary/aromatic N) is 2. The van der Waals surface area contributed by atoms with E-state index in [1.165, 1.54) is 60.8 Å². The summed E-state index contributed by atoms with van der Waals surface area (Å²) in [5.41, 5.74) is 20.2. The molecule has 0 spiro atoms. The summed E-state index contributed by atoms with van der Waals surface area (Å²) >= 11 is 0. The number of ether oxygens (including phenoxy) is 1. The van der Waals surface area contributed by atoms with Gasteiger partial charge in [-0.1, -0.05) is 199 Å². The maximum Gasteiger partial charge on any atom is 0.120 e. The molecule has 1 heterocycles. The predicted molar refractivity (Wildman–Crippen MR) is 329 cm³/mol. The Morgan fingerprint density at radius 1 is 0.364 bits per heavy atom. The van der Waals surface area contributed by atoms with E-state index in [1.807, 2.05) is 0 Å². The van der Waals surface area contributed by atoms with Crippen LogP contribution in [0.15, 0.2) is 243 Å². The van der Waals surface area contributed by atoms with Crippen LogP contribution in [0.1, 0.15) is 80.2 Å². The van der Waals surface area contributed by atoms with E-state index >= 15 is 0 Å². The van der Waals surface area contributed by atoms with E-state index in [-0.39, 0.29) is 16.4 Å². The maximum absolute atomic E-state index is 6.26. The van der Waals surface area contributed by atoms with Crippen molar-refractivity contribution in [2.75, 3.05) is 4.90 Å². The molecule has 1 unspecified atom stereocenters. The van der Waals surface area contributed by atoms with E-state index in [4.69, 9.17) is 4.74 Å². The van der Waals surface area contributed by atoms with Crippen molar-refractivity contribution < 1.29 is 4.74 Å². The van der Waals surface area contributed by atoms with Crippen molar-refractivity contribution in [3.8, 4) is 67.1 Å². The second-order valence-corrected chi connectivity index (χ2v) is 24.1. The summed E-state index contributed by atoms with van der Waals surface area (Å²) in [6, 6.07) is 88.9. The van der Waals surface area contributed by atoms with Gasteiger partial charge in [-0.15, -0.1) is 0 Å². The Balaban J connectivity index is 0.948. The van der Waals surface area contributed by atoms with Crippen LogP contribution in [0.25, 0.3) is 83.1 Å². The summed E-state index contributed by atoms with van der Waals surface area (Å²) in [5.74, 6) is 1.34. The zero-order chi connectivity index (χ0) is 53.5. The van der Waals surface area contributed by atoms with Crippen molar-refractivity contribution in [3.63, 3.8) is 0 Å². The van der Waals surface area contributed by atoms with E-state index in [2.05, 4.69) is 314 Å². The van der Waals surface area contributed by atoms with Crippen LogP contribution in [-0.2, 0) is 0 Å². The van der Waals surface area contributed by atoms with E-state index < -0.39 is 0 Å². The van der Waals surface area contributed by atoms with Crippen LogP contribution in [0.5, 0.6) is 5.75 Å². The predicted octanol–water partition coefficient (Wildman–Crippen LogP) is 21.3. The smallest absolute Gasteiger partial charge is 0.120 e. The van der Waals surface area contributed by atoms with Crippen molar-refractivity contribution in [2.24, 2.45) is 10.8 Å². The van der Waals surface area contributed by atoms with Crippen LogP contribution in [-0.4, -0.2) is 10.2 Å². The lowest BCUT2D eigenvalue weighted by atomic mass is 9.69. The quantitative estimate of drug-likeness (QED) is 0.121. The van der Waals surface area contributed by atoms with E-state index in [0.29, 0.717) is 5.92 Å². The number of benzene rings is 10. The monoisotopic (exact) mass is 1000 g/mol. The molecule has 0 bridgehead atoms. The first kappa shape index (κ1) is 50.7. The van der Waals surface area contributed by atoms with Crippen molar-refractivity contribution in [2.45, 2.75) is 80.3 Å². The lowest BCUT2D eigenvalue weighted by Gasteiger charge is -2.36. The van der Waals surface area contributed by atoms with E-state index in [1.54, 1.807) is 0 Å². The third-order valence-electron chi connectivity index (χ3n) is 14.9. The van der Waals surface area contributed by atoms with Crippen molar-refractivity contribution in [1.82, 2.24) is 4.57 Å². The van der Waals surface area contributed by atoms with Crippen LogP contribution in [0, 0.1) is 10.8 Å². The minimum absolute atomic E-state index is 0.181. The topological polar surface area (TPSA) is 17.4 Å². The second-order valence-electron chi connectivity index (χ2n) is 24.1. The van der Waals surface area contributed by atoms with Crippen LogP contribution >= 0.6 is 0 Å². The van der Waals surface area contributed by atoms with Gasteiger partial charge >= 0.3 is 0 Å². The van der Waals surface area contributed by atoms with Crippen LogP contribution in [0.2, 0.25) is 0 Å². The average Bonchev–Trinajstić information content (AvgIpc) is 4.04. The fraction of sp³-hybridized carbons (Fsp3) is 0.189. The summed E-state index contributed by atoms with van der Waals surface area (Å²) in [5, 5.41) is 2.41. The summed E-state index contributed by atoms with van der Waals surface area (Å²) < 4.78 is 8.65. The van der Waals surface area contributed by atoms with Gasteiger partial charge in [0.15, 0.2) is 0 Å². The number of anilines is 3. The first-order chi connectivity index (χ1) is 37.0. The average molecular weight is 1000 g/mol. The fourth-order valence-corrected chi connectivity index (χ4v) is 11.1. The molecular formula is C74H70N2O. The van der Waals surface area contributed by atoms with Crippen molar-refractivity contribution in [1.29, 1.82) is 0 Å². The number of rotatable bonds is 12. The van der Waals surface area contributed by atoms with Gasteiger partial charge in [-0.25, -0.2) is 0 Å². The van der Waals surface area contributed by atoms with Crippen molar-refractivity contribution >= 4 is 38.9 Å². The van der Waals surface area contributed by atoms with E-state index in [0.717, 1.165) is 57.1 Å². The van der Waals surface area contributed by atoms with Gasteiger partial charge in [-0.2, -0.15) is 0 Å². The van der Waals surface area contributed by atoms with Crippen LogP contribution in [0.3, 0.4) is 0 Å². The minimum atomic E-state index is -0.287. The first-order valence-corrected chi connectivity index (χ1v) is 27.3. The van der Waals surface area contributed by atoms with Crippen LogP contribution in [0.4, 0.5) is 17.1 Å². The Labute approximate surface area is 457 Å². The summed E-state index contributed by atoms with van der Waals surface area (Å²) in [6.07, 6.45) is 1.15. The third kappa shape index (κ3) is 11.1. The molecule has 0 fully saturated rings. The zero-order valence-electron chi connectivity index (χ0n) is 46.2. The molecule has 0 saturated carbocycles. The van der Waals surface area contributed by atoms with Gasteiger partial charge in [-0.3, -0.25) is 0 Å². The molecule has 10 aromatic carbocycles. The molecule has 0 amide bonds. The highest BCUT2D eigenvalue weighted by atomic mass is 16.5. The van der Waals surface area contributed by atoms with Gasteiger partial charge in [-0.05, 0) is 190 Å². The highest BCUT2D eigenvalue weighted by Crippen LogP contribution is 2.45. The number of aromatic nitrogens is 1. The number of hydrogen-bond acceptors (Lipinski definition) is 2. The first-order valence-electron chi connectivity index (χ1n) is 27.3. The summed E-state index contributed by atoms with van der Waals surface area (Å²) in [7, 11) is 0. The number of hydrogen-bond donors (Lipinski definition) is 0. The Morgan fingerprint density at radius 2 is 0.701 bits per heavy atom. The molecule has 1 aromatic heterocycles. The molecule has 0 aliphatic rings. The fourth-order valence-electron chi connectivity index (χ4n) is 11.1. The van der Waals surface area contributed by atoms with Crippen molar-refractivity contribution in [3.05, 3.63) is 248 Å². The van der Waals surface area contributed by atoms with Gasteiger partial charge in [0, 0.05) is 33.5 Å². The largest absolute Gasteiger partial charge is 0.488 e. The van der Waals surface area contributed by atoms with Gasteiger partial charge in [0.05, 0.1) is 11.0 Å². The summed E-state index contributed by atoms with van der Waals surface area (Å²) in [4.78, 5) is 2.35. The molecule has 0 radical (unpaired) electrons. The van der Waals surface area contributed by atoms with Gasteiger partial charge in [0.2, 0.25) is 0 Å². The normalized spacial score (nSPS) is 12.5. The second kappa shape index (κ2) is 20.6. The molecule has 0 aliphatic carbocycles. The molecule has 1 atom stereocenters. The third-order valence-corrected chi connectivity index (χ3v) is 14.9. The lowest BCUT2D eigenvalue weighted by Crippen LogP contribution is -2.23. The maximum atomic E-state index is 6.26. The molecule has 77 heavy (non-hydrogen) atoms. The van der Waals surface area contributed by atoms with E-state index in [9.17, 15) is 0 Å². The van der Waals surface area contributed by atoms with Gasteiger partial charge in [0.25, 0.3) is 0 Å². The Hall–Kier alpha value is -8.40.